The molecule has 1 aromatic heterocycles. The minimum absolute atomic E-state index is 0.171. The largest absolute Gasteiger partial charge is 0.492 e. The molecule has 1 amide bonds. The second-order valence-corrected chi connectivity index (χ2v) is 4.44. The first-order chi connectivity index (χ1) is 10.1. The quantitative estimate of drug-likeness (QED) is 0.466. The summed E-state index contributed by atoms with van der Waals surface area (Å²) in [5.74, 6) is 5.20. The molecule has 7 heteroatoms. The molecule has 0 unspecified atom stereocenters. The fourth-order valence-corrected chi connectivity index (χ4v) is 1.75. The van der Waals surface area contributed by atoms with Crippen LogP contribution in [0.3, 0.4) is 0 Å². The first-order valence-corrected chi connectivity index (χ1v) is 6.38. The first kappa shape index (κ1) is 14.7. The Balaban J connectivity index is 1.97. The Bertz CT molecular complexity index is 697. The normalized spacial score (nSPS) is 10.2. The van der Waals surface area contributed by atoms with Crippen LogP contribution in [0.4, 0.5) is 0 Å². The van der Waals surface area contributed by atoms with E-state index in [2.05, 4.69) is 10.5 Å². The maximum Gasteiger partial charge on any atom is 0.267 e. The van der Waals surface area contributed by atoms with Gasteiger partial charge < -0.3 is 4.74 Å². The van der Waals surface area contributed by atoms with Crippen LogP contribution in [0.5, 0.6) is 5.75 Å². The van der Waals surface area contributed by atoms with E-state index in [0.717, 1.165) is 5.56 Å². The number of nitrogens with one attached hydrogen (secondary N) is 1. The number of aryl methyl sites for hydroxylation is 1. The number of hydrogen-bond acceptors (Lipinski definition) is 5. The molecule has 0 aliphatic heterocycles. The van der Waals surface area contributed by atoms with Gasteiger partial charge in [0.1, 0.15) is 12.4 Å². The standard InChI is InChI=1S/C14H16N4O3/c1-10-7-13(19)18(16-9-10)5-6-21-12-4-2-3-11(8-12)14(20)17-15/h2-4,7-9H,5-6,15H2,1H3,(H,17,20). The summed E-state index contributed by atoms with van der Waals surface area (Å²) in [5, 5.41) is 4.01. The van der Waals surface area contributed by atoms with Crippen LogP contribution in [0.15, 0.2) is 41.3 Å². The monoisotopic (exact) mass is 288 g/mol. The van der Waals surface area contributed by atoms with E-state index in [-0.39, 0.29) is 12.2 Å². The van der Waals surface area contributed by atoms with Gasteiger partial charge in [0.2, 0.25) is 0 Å². The Kier molecular flexibility index (Phi) is 4.68. The Hall–Kier alpha value is -2.67. The molecule has 2 aromatic rings. The van der Waals surface area contributed by atoms with Crippen molar-refractivity contribution in [3.8, 4) is 5.75 Å². The van der Waals surface area contributed by atoms with Crippen molar-refractivity contribution in [2.75, 3.05) is 6.61 Å². The minimum atomic E-state index is -0.392. The summed E-state index contributed by atoms with van der Waals surface area (Å²) >= 11 is 0. The fourth-order valence-electron chi connectivity index (χ4n) is 1.75. The molecule has 0 saturated carbocycles. The molecule has 0 fully saturated rings. The van der Waals surface area contributed by atoms with Crippen molar-refractivity contribution in [2.24, 2.45) is 5.84 Å². The summed E-state index contributed by atoms with van der Waals surface area (Å²) < 4.78 is 6.83. The minimum Gasteiger partial charge on any atom is -0.492 e. The summed E-state index contributed by atoms with van der Waals surface area (Å²) in [4.78, 5) is 23.0. The lowest BCUT2D eigenvalue weighted by atomic mass is 10.2. The molecule has 2 rings (SSSR count). The second-order valence-electron chi connectivity index (χ2n) is 4.44. The average Bonchev–Trinajstić information content (AvgIpc) is 2.49. The van der Waals surface area contributed by atoms with Crippen molar-refractivity contribution in [2.45, 2.75) is 13.5 Å². The molecule has 0 radical (unpaired) electrons. The molecular formula is C14H16N4O3. The number of aromatic nitrogens is 2. The molecule has 21 heavy (non-hydrogen) atoms. The molecule has 1 heterocycles. The van der Waals surface area contributed by atoms with Gasteiger partial charge in [-0.1, -0.05) is 6.07 Å². The van der Waals surface area contributed by atoms with E-state index in [1.165, 1.54) is 10.7 Å². The number of carbonyl (C=O) groups excluding carboxylic acids is 1. The van der Waals surface area contributed by atoms with E-state index in [1.807, 2.05) is 6.92 Å². The van der Waals surface area contributed by atoms with E-state index >= 15 is 0 Å². The van der Waals surface area contributed by atoms with Crippen molar-refractivity contribution < 1.29 is 9.53 Å². The van der Waals surface area contributed by atoms with Crippen molar-refractivity contribution in [3.63, 3.8) is 0 Å². The van der Waals surface area contributed by atoms with E-state index in [1.54, 1.807) is 30.5 Å². The fraction of sp³-hybridized carbons (Fsp3) is 0.214. The van der Waals surface area contributed by atoms with Gasteiger partial charge in [-0.25, -0.2) is 10.5 Å². The molecule has 0 atom stereocenters. The zero-order chi connectivity index (χ0) is 15.2. The third-order valence-electron chi connectivity index (χ3n) is 2.81. The Morgan fingerprint density at radius 3 is 2.95 bits per heavy atom. The highest BCUT2D eigenvalue weighted by molar-refractivity contribution is 5.94. The predicted molar refractivity (Wildman–Crippen MR) is 76.8 cm³/mol. The van der Waals surface area contributed by atoms with Crippen LogP contribution in [-0.2, 0) is 6.54 Å². The molecular weight excluding hydrogens is 272 g/mol. The molecule has 0 spiro atoms. The molecule has 0 saturated heterocycles. The third-order valence-corrected chi connectivity index (χ3v) is 2.81. The number of nitrogens with zero attached hydrogens (tertiary/aromatic N) is 2. The molecule has 7 nitrogen and oxygen atoms in total. The number of hydrogen-bond donors (Lipinski definition) is 2. The number of nitrogens with two attached hydrogens (primary N) is 1. The smallest absolute Gasteiger partial charge is 0.267 e. The lowest BCUT2D eigenvalue weighted by Gasteiger charge is -2.08. The van der Waals surface area contributed by atoms with Gasteiger partial charge in [-0.15, -0.1) is 0 Å². The second kappa shape index (κ2) is 6.67. The maximum absolute atomic E-state index is 11.6. The van der Waals surface area contributed by atoms with Crippen LogP contribution in [0.2, 0.25) is 0 Å². The van der Waals surface area contributed by atoms with Crippen LogP contribution in [0.25, 0.3) is 0 Å². The lowest BCUT2D eigenvalue weighted by molar-refractivity contribution is 0.0953. The van der Waals surface area contributed by atoms with Crippen molar-refractivity contribution >= 4 is 5.91 Å². The zero-order valence-electron chi connectivity index (χ0n) is 11.6. The van der Waals surface area contributed by atoms with E-state index < -0.39 is 5.91 Å². The topological polar surface area (TPSA) is 99.2 Å². The summed E-state index contributed by atoms with van der Waals surface area (Å²) in [7, 11) is 0. The molecule has 110 valence electrons. The highest BCUT2D eigenvalue weighted by atomic mass is 16.5. The SMILES string of the molecule is Cc1cnn(CCOc2cccc(C(=O)NN)c2)c(=O)c1. The number of rotatable bonds is 5. The zero-order valence-corrected chi connectivity index (χ0v) is 11.6. The van der Waals surface area contributed by atoms with Gasteiger partial charge in [0.25, 0.3) is 11.5 Å². The first-order valence-electron chi connectivity index (χ1n) is 6.38. The van der Waals surface area contributed by atoms with E-state index in [4.69, 9.17) is 10.6 Å². The highest BCUT2D eigenvalue weighted by Crippen LogP contribution is 2.13. The average molecular weight is 288 g/mol. The van der Waals surface area contributed by atoms with Crippen LogP contribution >= 0.6 is 0 Å². The molecule has 0 bridgehead atoms. The summed E-state index contributed by atoms with van der Waals surface area (Å²) in [6.07, 6.45) is 1.62. The van der Waals surface area contributed by atoms with Crippen LogP contribution in [-0.4, -0.2) is 22.3 Å². The highest BCUT2D eigenvalue weighted by Gasteiger charge is 2.05. The van der Waals surface area contributed by atoms with Gasteiger partial charge in [-0.2, -0.15) is 5.10 Å². The van der Waals surface area contributed by atoms with Crippen molar-refractivity contribution in [3.05, 3.63) is 58.0 Å². The maximum atomic E-state index is 11.6. The van der Waals surface area contributed by atoms with Gasteiger partial charge >= 0.3 is 0 Å². The third kappa shape index (κ3) is 3.90. The summed E-state index contributed by atoms with van der Waals surface area (Å²) in [6.45, 7) is 2.40. The predicted octanol–water partition coefficient (Wildman–Crippen LogP) is 0.234. The van der Waals surface area contributed by atoms with Crippen LogP contribution in [0, 0.1) is 6.92 Å². The summed E-state index contributed by atoms with van der Waals surface area (Å²) in [6, 6.07) is 8.13. The van der Waals surface area contributed by atoms with Gasteiger partial charge in [0.05, 0.1) is 12.7 Å². The van der Waals surface area contributed by atoms with E-state index in [9.17, 15) is 9.59 Å². The number of nitrogen functional groups attached to an aromatic ring is 1. The number of benzene rings is 1. The van der Waals surface area contributed by atoms with Gasteiger partial charge in [0.15, 0.2) is 0 Å². The number of hydrazine groups is 1. The van der Waals surface area contributed by atoms with E-state index in [0.29, 0.717) is 17.9 Å². The number of amides is 1. The molecule has 0 aliphatic rings. The molecule has 3 N–H and O–H groups in total. The lowest BCUT2D eigenvalue weighted by Crippen LogP contribution is -2.29. The molecule has 1 aromatic carbocycles. The van der Waals surface area contributed by atoms with Crippen LogP contribution < -0.4 is 21.6 Å². The van der Waals surface area contributed by atoms with Crippen LogP contribution in [0.1, 0.15) is 15.9 Å². The van der Waals surface area contributed by atoms with Gasteiger partial charge in [0, 0.05) is 11.6 Å². The number of ether oxygens (including phenoxy) is 1. The Labute approximate surface area is 121 Å². The van der Waals surface area contributed by atoms with Crippen molar-refractivity contribution in [1.29, 1.82) is 0 Å². The van der Waals surface area contributed by atoms with Gasteiger partial charge in [-0.05, 0) is 30.7 Å². The van der Waals surface area contributed by atoms with Gasteiger partial charge in [-0.3, -0.25) is 15.0 Å². The number of carbonyl (C=O) groups is 1. The van der Waals surface area contributed by atoms with Crippen molar-refractivity contribution in [1.82, 2.24) is 15.2 Å². The molecule has 0 aliphatic carbocycles. The Morgan fingerprint density at radius 2 is 2.24 bits per heavy atom. The Morgan fingerprint density at radius 1 is 1.43 bits per heavy atom. The summed E-state index contributed by atoms with van der Waals surface area (Å²) in [5.41, 5.74) is 3.10.